The van der Waals surface area contributed by atoms with Crippen molar-refractivity contribution < 1.29 is 4.42 Å². The summed E-state index contributed by atoms with van der Waals surface area (Å²) in [6.45, 7) is 2.12. The molecule has 0 aliphatic carbocycles. The quantitative estimate of drug-likeness (QED) is 0.632. The van der Waals surface area contributed by atoms with Crippen LogP contribution in [0, 0.1) is 6.92 Å². The van der Waals surface area contributed by atoms with E-state index in [0.717, 1.165) is 11.3 Å². The van der Waals surface area contributed by atoms with E-state index in [9.17, 15) is 0 Å². The fourth-order valence-corrected chi connectivity index (χ4v) is 1.98. The van der Waals surface area contributed by atoms with Crippen LogP contribution >= 0.6 is 0 Å². The number of furan rings is 1. The number of aryl methyl sites for hydroxylation is 1. The van der Waals surface area contributed by atoms with Gasteiger partial charge < -0.3 is 9.40 Å². The summed E-state index contributed by atoms with van der Waals surface area (Å²) in [7, 11) is 0. The third-order valence-electron chi connectivity index (χ3n) is 2.79. The molecule has 3 rings (SSSR count). The Morgan fingerprint density at radius 3 is 2.87 bits per heavy atom. The van der Waals surface area contributed by atoms with E-state index in [1.54, 1.807) is 6.26 Å². The summed E-state index contributed by atoms with van der Waals surface area (Å²) in [5.41, 5.74) is 3.58. The van der Waals surface area contributed by atoms with Crippen LogP contribution in [0.5, 0.6) is 0 Å². The van der Waals surface area contributed by atoms with Gasteiger partial charge in [0.05, 0.1) is 6.26 Å². The van der Waals surface area contributed by atoms with Crippen LogP contribution in [0.25, 0.3) is 22.2 Å². The molecule has 0 aliphatic heterocycles. The van der Waals surface area contributed by atoms with Crippen molar-refractivity contribution in [2.75, 3.05) is 0 Å². The van der Waals surface area contributed by atoms with Crippen molar-refractivity contribution in [1.29, 1.82) is 0 Å². The third-order valence-corrected chi connectivity index (χ3v) is 2.79. The average molecular weight is 197 g/mol. The fourth-order valence-electron chi connectivity index (χ4n) is 1.98. The second-order valence-electron chi connectivity index (χ2n) is 3.65. The van der Waals surface area contributed by atoms with Gasteiger partial charge >= 0.3 is 0 Å². The van der Waals surface area contributed by atoms with Gasteiger partial charge in [-0.15, -0.1) is 0 Å². The van der Waals surface area contributed by atoms with Gasteiger partial charge in [-0.3, -0.25) is 0 Å². The van der Waals surface area contributed by atoms with Crippen LogP contribution in [0.1, 0.15) is 5.56 Å². The Morgan fingerprint density at radius 2 is 2.07 bits per heavy atom. The first-order valence-corrected chi connectivity index (χ1v) is 4.97. The predicted octanol–water partition coefficient (Wildman–Crippen LogP) is 3.74. The van der Waals surface area contributed by atoms with E-state index in [0.29, 0.717) is 0 Å². The highest BCUT2D eigenvalue weighted by molar-refractivity contribution is 5.88. The Balaban J connectivity index is 2.32. The van der Waals surface area contributed by atoms with Gasteiger partial charge in [-0.25, -0.2) is 0 Å². The van der Waals surface area contributed by atoms with Crippen molar-refractivity contribution in [3.05, 3.63) is 48.4 Å². The van der Waals surface area contributed by atoms with Gasteiger partial charge in [0.25, 0.3) is 0 Å². The molecule has 1 aromatic carbocycles. The largest absolute Gasteiger partial charge is 0.464 e. The molecule has 0 unspecified atom stereocenters. The molecule has 0 fully saturated rings. The minimum atomic E-state index is 0.926. The van der Waals surface area contributed by atoms with Crippen LogP contribution in [0.4, 0.5) is 0 Å². The minimum absolute atomic E-state index is 0.926. The number of benzene rings is 1. The zero-order chi connectivity index (χ0) is 10.3. The molecule has 2 nitrogen and oxygen atoms in total. The summed E-state index contributed by atoms with van der Waals surface area (Å²) >= 11 is 0. The van der Waals surface area contributed by atoms with E-state index >= 15 is 0 Å². The second-order valence-corrected chi connectivity index (χ2v) is 3.65. The number of aromatic amines is 1. The highest BCUT2D eigenvalue weighted by Gasteiger charge is 2.07. The lowest BCUT2D eigenvalue weighted by atomic mass is 10.0. The van der Waals surface area contributed by atoms with E-state index in [-0.39, 0.29) is 0 Å². The Labute approximate surface area is 87.5 Å². The highest BCUT2D eigenvalue weighted by Crippen LogP contribution is 2.29. The molecule has 15 heavy (non-hydrogen) atoms. The second kappa shape index (κ2) is 3.02. The maximum absolute atomic E-state index is 5.42. The van der Waals surface area contributed by atoms with Gasteiger partial charge in [-0.1, -0.05) is 0 Å². The van der Waals surface area contributed by atoms with Gasteiger partial charge in [-0.05, 0) is 42.8 Å². The van der Waals surface area contributed by atoms with Crippen LogP contribution in [0.15, 0.2) is 47.2 Å². The van der Waals surface area contributed by atoms with E-state index in [2.05, 4.69) is 30.1 Å². The van der Waals surface area contributed by atoms with Crippen LogP contribution in [0.3, 0.4) is 0 Å². The first-order chi connectivity index (χ1) is 7.36. The van der Waals surface area contributed by atoms with Gasteiger partial charge in [0.15, 0.2) is 0 Å². The van der Waals surface area contributed by atoms with E-state index in [4.69, 9.17) is 4.42 Å². The monoisotopic (exact) mass is 197 g/mol. The Hall–Kier alpha value is -1.96. The lowest BCUT2D eigenvalue weighted by Gasteiger charge is -2.03. The first-order valence-electron chi connectivity index (χ1n) is 4.97. The molecule has 2 heteroatoms. The highest BCUT2D eigenvalue weighted by atomic mass is 16.3. The average Bonchev–Trinajstić information content (AvgIpc) is 2.87. The van der Waals surface area contributed by atoms with Gasteiger partial charge in [-0.2, -0.15) is 0 Å². The molecule has 74 valence electrons. The van der Waals surface area contributed by atoms with Gasteiger partial charge in [0.2, 0.25) is 0 Å². The normalized spacial score (nSPS) is 11.0. The predicted molar refractivity (Wildman–Crippen MR) is 60.7 cm³/mol. The molecule has 0 bridgehead atoms. The molecule has 0 atom stereocenters. The Bertz CT molecular complexity index is 590. The lowest BCUT2D eigenvalue weighted by Crippen LogP contribution is -1.81. The van der Waals surface area contributed by atoms with E-state index in [1.807, 2.05) is 18.3 Å². The summed E-state index contributed by atoms with van der Waals surface area (Å²) in [6.07, 6.45) is 3.67. The number of fused-ring (bicyclic) bond motifs is 1. The first kappa shape index (κ1) is 8.36. The molecule has 0 amide bonds. The van der Waals surface area contributed by atoms with Crippen LogP contribution in [-0.4, -0.2) is 4.98 Å². The number of hydrogen-bond donors (Lipinski definition) is 1. The molecule has 1 N–H and O–H groups in total. The minimum Gasteiger partial charge on any atom is -0.464 e. The lowest BCUT2D eigenvalue weighted by molar-refractivity contribution is 0.582. The van der Waals surface area contributed by atoms with Crippen LogP contribution in [-0.2, 0) is 0 Å². The van der Waals surface area contributed by atoms with Crippen molar-refractivity contribution in [1.82, 2.24) is 4.98 Å². The Kier molecular flexibility index (Phi) is 1.68. The van der Waals surface area contributed by atoms with E-state index < -0.39 is 0 Å². The maximum Gasteiger partial charge on any atom is 0.134 e. The molecule has 2 aromatic heterocycles. The Morgan fingerprint density at radius 1 is 1.13 bits per heavy atom. The summed E-state index contributed by atoms with van der Waals surface area (Å²) < 4.78 is 5.42. The number of nitrogens with one attached hydrogen (secondary N) is 1. The summed E-state index contributed by atoms with van der Waals surface area (Å²) in [5, 5.41) is 1.25. The number of aromatic nitrogens is 1. The summed E-state index contributed by atoms with van der Waals surface area (Å²) in [6, 6.07) is 10.2. The van der Waals surface area contributed by atoms with Gasteiger partial charge in [0, 0.05) is 22.7 Å². The standard InChI is InChI=1S/C13H11NO/c1-9-10-6-7-14-12(10)5-4-11(9)13-3-2-8-15-13/h2-8,14H,1H3. The molecule has 0 aliphatic rings. The number of H-pyrrole nitrogens is 1. The van der Waals surface area contributed by atoms with Crippen molar-refractivity contribution >= 4 is 10.9 Å². The number of rotatable bonds is 1. The zero-order valence-electron chi connectivity index (χ0n) is 8.45. The molecule has 0 radical (unpaired) electrons. The fraction of sp³-hybridized carbons (Fsp3) is 0.0769. The van der Waals surface area contributed by atoms with Gasteiger partial charge in [0.1, 0.15) is 5.76 Å². The van der Waals surface area contributed by atoms with Crippen LogP contribution < -0.4 is 0 Å². The van der Waals surface area contributed by atoms with Crippen molar-refractivity contribution in [2.45, 2.75) is 6.92 Å². The van der Waals surface area contributed by atoms with Crippen molar-refractivity contribution in [2.24, 2.45) is 0 Å². The zero-order valence-corrected chi connectivity index (χ0v) is 8.45. The van der Waals surface area contributed by atoms with Crippen molar-refractivity contribution in [3.8, 4) is 11.3 Å². The molecular weight excluding hydrogens is 186 g/mol. The molecule has 2 heterocycles. The topological polar surface area (TPSA) is 28.9 Å². The maximum atomic E-state index is 5.42. The summed E-state index contributed by atoms with van der Waals surface area (Å²) in [4.78, 5) is 3.20. The molecule has 0 spiro atoms. The SMILES string of the molecule is Cc1c(-c2ccco2)ccc2[nH]ccc12. The summed E-state index contributed by atoms with van der Waals surface area (Å²) in [5.74, 6) is 0.926. The third kappa shape index (κ3) is 1.18. The molecule has 0 saturated carbocycles. The van der Waals surface area contributed by atoms with E-state index in [1.165, 1.54) is 16.5 Å². The van der Waals surface area contributed by atoms with Crippen molar-refractivity contribution in [3.63, 3.8) is 0 Å². The smallest absolute Gasteiger partial charge is 0.134 e. The molecule has 3 aromatic rings. The van der Waals surface area contributed by atoms with Crippen LogP contribution in [0.2, 0.25) is 0 Å². The molecule has 0 saturated heterocycles. The molecular formula is C13H11NO. The number of hydrogen-bond acceptors (Lipinski definition) is 1.